The monoisotopic (exact) mass is 285 g/mol. The first-order valence-corrected chi connectivity index (χ1v) is 7.00. The van der Waals surface area contributed by atoms with E-state index in [1.54, 1.807) is 7.05 Å². The summed E-state index contributed by atoms with van der Waals surface area (Å²) in [7, 11) is 1.62. The van der Waals surface area contributed by atoms with Crippen molar-refractivity contribution in [2.75, 3.05) is 40.0 Å². The lowest BCUT2D eigenvalue weighted by Crippen LogP contribution is -2.63. The van der Waals surface area contributed by atoms with E-state index >= 15 is 0 Å². The van der Waals surface area contributed by atoms with Crippen LogP contribution in [0.4, 0.5) is 4.79 Å². The number of rotatable bonds is 2. The SMILES string of the molecule is CCC(C)NC(=O)[N+]1([O-])CN=C(N2CCOCC2)N1C. The average molecular weight is 285 g/mol. The van der Waals surface area contributed by atoms with Gasteiger partial charge in [0.15, 0.2) is 0 Å². The molecule has 0 aliphatic carbocycles. The molecule has 8 heteroatoms. The van der Waals surface area contributed by atoms with E-state index in [0.717, 1.165) is 6.42 Å². The smallest absolute Gasteiger partial charge is 0.443 e. The van der Waals surface area contributed by atoms with Crippen molar-refractivity contribution in [2.24, 2.45) is 4.99 Å². The van der Waals surface area contributed by atoms with Gasteiger partial charge in [-0.2, -0.15) is 14.8 Å². The van der Waals surface area contributed by atoms with Crippen LogP contribution in [-0.2, 0) is 4.74 Å². The van der Waals surface area contributed by atoms with Gasteiger partial charge in [0, 0.05) is 19.1 Å². The summed E-state index contributed by atoms with van der Waals surface area (Å²) in [5, 5.41) is 16.8. The van der Waals surface area contributed by atoms with Crippen molar-refractivity contribution in [3.8, 4) is 0 Å². The molecule has 114 valence electrons. The Morgan fingerprint density at radius 3 is 2.80 bits per heavy atom. The van der Waals surface area contributed by atoms with Gasteiger partial charge in [-0.05, 0) is 13.3 Å². The Labute approximate surface area is 119 Å². The lowest BCUT2D eigenvalue weighted by Gasteiger charge is -2.41. The molecule has 2 aliphatic heterocycles. The summed E-state index contributed by atoms with van der Waals surface area (Å²) < 4.78 is 4.18. The second kappa shape index (κ2) is 5.94. The average Bonchev–Trinajstić information content (AvgIpc) is 2.77. The van der Waals surface area contributed by atoms with Gasteiger partial charge in [0.2, 0.25) is 12.6 Å². The minimum Gasteiger partial charge on any atom is -0.596 e. The molecular weight excluding hydrogens is 262 g/mol. The number of amides is 2. The molecule has 0 aromatic heterocycles. The number of nitrogens with one attached hydrogen (secondary N) is 1. The zero-order valence-corrected chi connectivity index (χ0v) is 12.3. The van der Waals surface area contributed by atoms with Gasteiger partial charge >= 0.3 is 6.03 Å². The molecule has 0 bridgehead atoms. The van der Waals surface area contributed by atoms with Gasteiger partial charge in [-0.1, -0.05) is 6.92 Å². The zero-order valence-electron chi connectivity index (χ0n) is 12.3. The van der Waals surface area contributed by atoms with E-state index in [9.17, 15) is 10.0 Å². The summed E-state index contributed by atoms with van der Waals surface area (Å²) in [6, 6.07) is -0.582. The Hall–Kier alpha value is -1.38. The van der Waals surface area contributed by atoms with Crippen LogP contribution < -0.4 is 5.32 Å². The van der Waals surface area contributed by atoms with E-state index in [4.69, 9.17) is 4.74 Å². The van der Waals surface area contributed by atoms with E-state index in [0.29, 0.717) is 32.3 Å². The fourth-order valence-corrected chi connectivity index (χ4v) is 2.18. The summed E-state index contributed by atoms with van der Waals surface area (Å²) >= 11 is 0. The topological polar surface area (TPSA) is 80.2 Å². The van der Waals surface area contributed by atoms with Crippen LogP contribution in [-0.4, -0.2) is 72.7 Å². The van der Waals surface area contributed by atoms with Gasteiger partial charge in [-0.3, -0.25) is 0 Å². The molecule has 2 unspecified atom stereocenters. The molecule has 0 aromatic carbocycles. The highest BCUT2D eigenvalue weighted by Crippen LogP contribution is 2.20. The number of quaternary nitrogens is 1. The van der Waals surface area contributed by atoms with E-state index in [2.05, 4.69) is 10.3 Å². The van der Waals surface area contributed by atoms with E-state index < -0.39 is 10.8 Å². The standard InChI is InChI=1S/C12H23N5O3/c1-4-10(2)14-12(18)17(19)9-13-11(15(17)3)16-5-7-20-8-6-16/h10H,4-9H2,1-3H3,(H,14,18). The molecule has 2 heterocycles. The number of nitrogens with zero attached hydrogens (tertiary/aromatic N) is 4. The molecule has 2 amide bonds. The third-order valence-corrected chi connectivity index (χ3v) is 3.77. The molecule has 0 aromatic rings. The van der Waals surface area contributed by atoms with Crippen molar-refractivity contribution < 1.29 is 14.3 Å². The molecule has 0 spiro atoms. The number of hydrogen-bond donors (Lipinski definition) is 1. The van der Waals surface area contributed by atoms with Crippen LogP contribution in [0.1, 0.15) is 20.3 Å². The van der Waals surface area contributed by atoms with Crippen LogP contribution in [0.3, 0.4) is 0 Å². The molecule has 8 nitrogen and oxygen atoms in total. The van der Waals surface area contributed by atoms with Gasteiger partial charge < -0.3 is 20.2 Å². The molecule has 1 fully saturated rings. The fraction of sp³-hybridized carbons (Fsp3) is 0.833. The van der Waals surface area contributed by atoms with Gasteiger partial charge in [0.1, 0.15) is 0 Å². The van der Waals surface area contributed by atoms with Crippen LogP contribution in [0.25, 0.3) is 0 Å². The largest absolute Gasteiger partial charge is 0.596 e. The maximum Gasteiger partial charge on any atom is 0.443 e. The normalized spacial score (nSPS) is 28.3. The van der Waals surface area contributed by atoms with Crippen molar-refractivity contribution in [1.29, 1.82) is 0 Å². The van der Waals surface area contributed by atoms with Crippen molar-refractivity contribution in [2.45, 2.75) is 26.3 Å². The molecule has 0 saturated carbocycles. The Bertz CT molecular complexity index is 397. The van der Waals surface area contributed by atoms with Crippen LogP contribution in [0.15, 0.2) is 4.99 Å². The highest BCUT2D eigenvalue weighted by molar-refractivity contribution is 5.82. The van der Waals surface area contributed by atoms with Crippen LogP contribution in [0, 0.1) is 5.21 Å². The maximum atomic E-state index is 12.7. The van der Waals surface area contributed by atoms with Gasteiger partial charge in [-0.25, -0.2) is 4.79 Å². The number of carbonyl (C=O) groups excluding carboxylic acids is 1. The second-order valence-corrected chi connectivity index (χ2v) is 5.18. The predicted octanol–water partition coefficient (Wildman–Crippen LogP) is 0.315. The molecule has 2 atom stereocenters. The molecule has 0 radical (unpaired) electrons. The molecule has 20 heavy (non-hydrogen) atoms. The summed E-state index contributed by atoms with van der Waals surface area (Å²) in [4.78, 5) is 18.4. The Morgan fingerprint density at radius 1 is 1.55 bits per heavy atom. The Balaban J connectivity index is 2.03. The van der Waals surface area contributed by atoms with Crippen molar-refractivity contribution in [1.82, 2.24) is 15.2 Å². The first-order chi connectivity index (χ1) is 9.49. The van der Waals surface area contributed by atoms with E-state index in [1.165, 1.54) is 5.01 Å². The van der Waals surface area contributed by atoms with Crippen LogP contribution in [0.5, 0.6) is 0 Å². The first kappa shape index (κ1) is 15.0. The lowest BCUT2D eigenvalue weighted by atomic mass is 10.3. The lowest BCUT2D eigenvalue weighted by molar-refractivity contribution is -0.896. The molecule has 2 rings (SSSR count). The van der Waals surface area contributed by atoms with Crippen molar-refractivity contribution in [3.63, 3.8) is 0 Å². The summed E-state index contributed by atoms with van der Waals surface area (Å²) in [6.07, 6.45) is 0.784. The van der Waals surface area contributed by atoms with Gasteiger partial charge in [0.25, 0.3) is 0 Å². The van der Waals surface area contributed by atoms with Crippen molar-refractivity contribution in [3.05, 3.63) is 5.21 Å². The first-order valence-electron chi connectivity index (χ1n) is 7.00. The minimum absolute atomic E-state index is 0.0210. The van der Waals surface area contributed by atoms with Crippen LogP contribution in [0.2, 0.25) is 0 Å². The van der Waals surface area contributed by atoms with Crippen molar-refractivity contribution >= 4 is 12.0 Å². The number of urea groups is 1. The molecule has 1 saturated heterocycles. The number of hydrogen-bond acceptors (Lipinski definition) is 6. The summed E-state index contributed by atoms with van der Waals surface area (Å²) in [6.45, 7) is 6.35. The van der Waals surface area contributed by atoms with Gasteiger partial charge in [0.05, 0.1) is 20.3 Å². The Kier molecular flexibility index (Phi) is 4.46. The number of hydroxylamine groups is 2. The van der Waals surface area contributed by atoms with Crippen LogP contribution >= 0.6 is 0 Å². The second-order valence-electron chi connectivity index (χ2n) is 5.18. The van der Waals surface area contributed by atoms with Gasteiger partial charge in [-0.15, -0.1) is 0 Å². The Morgan fingerprint density at radius 2 is 2.20 bits per heavy atom. The highest BCUT2D eigenvalue weighted by Gasteiger charge is 2.42. The molecular formula is C12H23N5O3. The molecule has 1 N–H and O–H groups in total. The summed E-state index contributed by atoms with van der Waals surface area (Å²) in [5.41, 5.74) is 0. The number of aliphatic imine (C=N–C) groups is 1. The predicted molar refractivity (Wildman–Crippen MR) is 74.4 cm³/mol. The van der Waals surface area contributed by atoms with E-state index in [1.807, 2.05) is 18.7 Å². The third kappa shape index (κ3) is 2.72. The quantitative estimate of drug-likeness (QED) is 0.583. The number of morpholine rings is 1. The minimum atomic E-state index is -1.10. The number of carbonyl (C=O) groups is 1. The number of guanidine groups is 1. The fourth-order valence-electron chi connectivity index (χ4n) is 2.18. The van der Waals surface area contributed by atoms with E-state index in [-0.39, 0.29) is 12.7 Å². The summed E-state index contributed by atoms with van der Waals surface area (Å²) in [5.74, 6) is 0.572. The third-order valence-electron chi connectivity index (χ3n) is 3.77. The maximum absolute atomic E-state index is 12.7. The molecule has 2 aliphatic rings. The number of ether oxygens (including phenoxy) is 1. The highest BCUT2D eigenvalue weighted by atomic mass is 16.6. The zero-order chi connectivity index (χ0) is 14.8.